The SMILES string of the molecule is Cc1cccc(C(=O)N2CCCN(c3nnc(Cc4ccc(F)cc4)s3)CC2)c1. The number of rotatable bonds is 4. The van der Waals surface area contributed by atoms with E-state index in [0.717, 1.165) is 52.9 Å². The second-order valence-corrected chi connectivity index (χ2v) is 8.32. The van der Waals surface area contributed by atoms with Gasteiger partial charge in [-0.15, -0.1) is 10.2 Å². The molecule has 4 rings (SSSR count). The van der Waals surface area contributed by atoms with Crippen molar-refractivity contribution in [3.8, 4) is 0 Å². The molecule has 0 unspecified atom stereocenters. The third-order valence-electron chi connectivity index (χ3n) is 5.04. The van der Waals surface area contributed by atoms with Crippen molar-refractivity contribution < 1.29 is 9.18 Å². The summed E-state index contributed by atoms with van der Waals surface area (Å²) in [6, 6.07) is 14.2. The number of carbonyl (C=O) groups excluding carboxylic acids is 1. The average Bonchev–Trinajstić information content (AvgIpc) is 3.04. The van der Waals surface area contributed by atoms with Crippen LogP contribution < -0.4 is 4.90 Å². The highest BCUT2D eigenvalue weighted by atomic mass is 32.1. The standard InChI is InChI=1S/C22H23FN4OS/c1-16-4-2-5-18(14-16)21(28)26-10-3-11-27(13-12-26)22-25-24-20(29-22)15-17-6-8-19(23)9-7-17/h2,4-9,14H,3,10-13,15H2,1H3. The Morgan fingerprint density at radius 2 is 1.90 bits per heavy atom. The Hall–Kier alpha value is -2.80. The summed E-state index contributed by atoms with van der Waals surface area (Å²) in [6.45, 7) is 5.00. The number of anilines is 1. The summed E-state index contributed by atoms with van der Waals surface area (Å²) in [4.78, 5) is 17.0. The Kier molecular flexibility index (Phi) is 5.85. The predicted molar refractivity (Wildman–Crippen MR) is 113 cm³/mol. The van der Waals surface area contributed by atoms with Crippen LogP contribution in [0.25, 0.3) is 0 Å². The van der Waals surface area contributed by atoms with Crippen LogP contribution >= 0.6 is 11.3 Å². The molecule has 2 aromatic carbocycles. The average molecular weight is 411 g/mol. The van der Waals surface area contributed by atoms with E-state index in [0.29, 0.717) is 13.0 Å². The highest BCUT2D eigenvalue weighted by molar-refractivity contribution is 7.15. The second-order valence-electron chi connectivity index (χ2n) is 7.28. The molecule has 1 aliphatic rings. The number of carbonyl (C=O) groups is 1. The maximum Gasteiger partial charge on any atom is 0.253 e. The quantitative estimate of drug-likeness (QED) is 0.654. The number of aryl methyl sites for hydroxylation is 1. The van der Waals surface area contributed by atoms with Crippen LogP contribution in [0.3, 0.4) is 0 Å². The largest absolute Gasteiger partial charge is 0.345 e. The van der Waals surface area contributed by atoms with Crippen molar-refractivity contribution in [2.45, 2.75) is 19.8 Å². The molecule has 0 atom stereocenters. The van der Waals surface area contributed by atoms with Crippen molar-refractivity contribution in [2.24, 2.45) is 0 Å². The topological polar surface area (TPSA) is 49.3 Å². The number of hydrogen-bond donors (Lipinski definition) is 0. The maximum atomic E-state index is 13.1. The summed E-state index contributed by atoms with van der Waals surface area (Å²) < 4.78 is 13.1. The number of amides is 1. The third kappa shape index (κ3) is 4.79. The van der Waals surface area contributed by atoms with Gasteiger partial charge in [-0.05, 0) is 43.2 Å². The number of halogens is 1. The molecular weight excluding hydrogens is 387 g/mol. The highest BCUT2D eigenvalue weighted by Gasteiger charge is 2.22. The van der Waals surface area contributed by atoms with Crippen molar-refractivity contribution >= 4 is 22.4 Å². The molecule has 0 bridgehead atoms. The summed E-state index contributed by atoms with van der Waals surface area (Å²) in [6.07, 6.45) is 1.54. The van der Waals surface area contributed by atoms with Crippen LogP contribution in [0.4, 0.5) is 9.52 Å². The normalized spacial score (nSPS) is 14.7. The van der Waals surface area contributed by atoms with Crippen molar-refractivity contribution in [1.82, 2.24) is 15.1 Å². The van der Waals surface area contributed by atoms with Crippen molar-refractivity contribution in [3.05, 3.63) is 76.0 Å². The minimum atomic E-state index is -0.235. The van der Waals surface area contributed by atoms with Crippen molar-refractivity contribution in [1.29, 1.82) is 0 Å². The first-order valence-electron chi connectivity index (χ1n) is 9.76. The number of aromatic nitrogens is 2. The van der Waals surface area contributed by atoms with Crippen molar-refractivity contribution in [3.63, 3.8) is 0 Å². The van der Waals surface area contributed by atoms with Gasteiger partial charge in [0.15, 0.2) is 0 Å². The van der Waals surface area contributed by atoms with E-state index in [9.17, 15) is 9.18 Å². The van der Waals surface area contributed by atoms with Crippen LogP contribution in [-0.4, -0.2) is 47.2 Å². The first kappa shape index (κ1) is 19.5. The second kappa shape index (κ2) is 8.69. The van der Waals surface area contributed by atoms with Crippen LogP contribution in [0, 0.1) is 12.7 Å². The number of hydrogen-bond acceptors (Lipinski definition) is 5. The van der Waals surface area contributed by atoms with E-state index in [1.807, 2.05) is 36.1 Å². The molecule has 0 aliphatic carbocycles. The fourth-order valence-electron chi connectivity index (χ4n) is 3.49. The van der Waals surface area contributed by atoms with Crippen molar-refractivity contribution in [2.75, 3.05) is 31.1 Å². The van der Waals surface area contributed by atoms with E-state index in [-0.39, 0.29) is 11.7 Å². The molecule has 1 amide bonds. The van der Waals surface area contributed by atoms with Gasteiger partial charge in [-0.1, -0.05) is 41.2 Å². The molecular formula is C22H23FN4OS. The molecule has 1 saturated heterocycles. The molecule has 1 aromatic heterocycles. The number of nitrogens with zero attached hydrogens (tertiary/aromatic N) is 4. The lowest BCUT2D eigenvalue weighted by Gasteiger charge is -2.21. The molecule has 0 N–H and O–H groups in total. The predicted octanol–water partition coefficient (Wildman–Crippen LogP) is 3.93. The molecule has 0 saturated carbocycles. The molecule has 1 fully saturated rings. The fourth-order valence-corrected chi connectivity index (χ4v) is 4.42. The van der Waals surface area contributed by atoms with Crippen LogP contribution in [-0.2, 0) is 6.42 Å². The van der Waals surface area contributed by atoms with Gasteiger partial charge in [-0.25, -0.2) is 4.39 Å². The summed E-state index contributed by atoms with van der Waals surface area (Å²) >= 11 is 1.56. The van der Waals surface area contributed by atoms with E-state index in [1.54, 1.807) is 23.5 Å². The minimum absolute atomic E-state index is 0.0878. The Labute approximate surface area is 173 Å². The van der Waals surface area contributed by atoms with E-state index in [4.69, 9.17) is 0 Å². The number of benzene rings is 2. The molecule has 150 valence electrons. The van der Waals surface area contributed by atoms with Gasteiger partial charge in [-0.2, -0.15) is 0 Å². The Bertz CT molecular complexity index is 988. The first-order chi connectivity index (χ1) is 14.1. The summed E-state index contributed by atoms with van der Waals surface area (Å²) in [7, 11) is 0. The lowest BCUT2D eigenvalue weighted by atomic mass is 10.1. The van der Waals surface area contributed by atoms with Gasteiger partial charge in [0.25, 0.3) is 5.91 Å². The van der Waals surface area contributed by atoms with Gasteiger partial charge in [0.05, 0.1) is 0 Å². The van der Waals surface area contributed by atoms with E-state index in [2.05, 4.69) is 15.1 Å². The molecule has 3 aromatic rings. The third-order valence-corrected chi connectivity index (χ3v) is 6.03. The molecule has 1 aliphatic heterocycles. The van der Waals surface area contributed by atoms with E-state index in [1.165, 1.54) is 12.1 Å². The van der Waals surface area contributed by atoms with Gasteiger partial charge >= 0.3 is 0 Å². The fraction of sp³-hybridized carbons (Fsp3) is 0.318. The summed E-state index contributed by atoms with van der Waals surface area (Å²) in [5.74, 6) is -0.147. The van der Waals surface area contributed by atoms with Crippen LogP contribution in [0.2, 0.25) is 0 Å². The van der Waals surface area contributed by atoms with Gasteiger partial charge in [0.2, 0.25) is 5.13 Å². The monoisotopic (exact) mass is 410 g/mol. The minimum Gasteiger partial charge on any atom is -0.345 e. The zero-order valence-electron chi connectivity index (χ0n) is 16.3. The summed E-state index contributed by atoms with van der Waals surface area (Å²) in [5.41, 5.74) is 2.85. The Morgan fingerprint density at radius 3 is 2.69 bits per heavy atom. The molecule has 0 spiro atoms. The lowest BCUT2D eigenvalue weighted by Crippen LogP contribution is -2.35. The Balaban J connectivity index is 1.39. The van der Waals surface area contributed by atoms with Gasteiger partial charge in [-0.3, -0.25) is 4.79 Å². The molecule has 2 heterocycles. The van der Waals surface area contributed by atoms with Crippen LogP contribution in [0.15, 0.2) is 48.5 Å². The van der Waals surface area contributed by atoms with Crippen LogP contribution in [0.1, 0.15) is 32.9 Å². The molecule has 29 heavy (non-hydrogen) atoms. The molecule has 7 heteroatoms. The maximum absolute atomic E-state index is 13.1. The first-order valence-corrected chi connectivity index (χ1v) is 10.6. The Morgan fingerprint density at radius 1 is 1.07 bits per heavy atom. The summed E-state index contributed by atoms with van der Waals surface area (Å²) in [5, 5.41) is 10.4. The van der Waals surface area contributed by atoms with Gasteiger partial charge < -0.3 is 9.80 Å². The smallest absolute Gasteiger partial charge is 0.253 e. The lowest BCUT2D eigenvalue weighted by molar-refractivity contribution is 0.0767. The zero-order chi connectivity index (χ0) is 20.2. The van der Waals surface area contributed by atoms with Gasteiger partial charge in [0, 0.05) is 38.2 Å². The van der Waals surface area contributed by atoms with Gasteiger partial charge in [0.1, 0.15) is 10.8 Å². The van der Waals surface area contributed by atoms with E-state index < -0.39 is 0 Å². The van der Waals surface area contributed by atoms with Crippen LogP contribution in [0.5, 0.6) is 0 Å². The highest BCUT2D eigenvalue weighted by Crippen LogP contribution is 2.24. The molecule has 5 nitrogen and oxygen atoms in total. The molecule has 0 radical (unpaired) electrons. The van der Waals surface area contributed by atoms with E-state index >= 15 is 0 Å². The zero-order valence-corrected chi connectivity index (χ0v) is 17.2.